The summed E-state index contributed by atoms with van der Waals surface area (Å²) in [6.45, 7) is 4.60. The molecule has 1 fully saturated rings. The zero-order valence-corrected chi connectivity index (χ0v) is 20.4. The topological polar surface area (TPSA) is 149 Å². The number of nitrogen functional groups attached to an aromatic ring is 1. The van der Waals surface area contributed by atoms with Gasteiger partial charge in [-0.15, -0.1) is 0 Å². The molecule has 0 spiro atoms. The largest absolute Gasteiger partial charge is 0.382 e. The fraction of sp³-hybridized carbons (Fsp3) is 0.333. The summed E-state index contributed by atoms with van der Waals surface area (Å²) in [4.78, 5) is 25.5. The van der Waals surface area contributed by atoms with Gasteiger partial charge in [-0.3, -0.25) is 9.78 Å². The Hall–Kier alpha value is -3.41. The zero-order valence-electron chi connectivity index (χ0n) is 19.6. The number of carbonyl (C=O) groups excluding carboxylic acids is 1. The highest BCUT2D eigenvalue weighted by Crippen LogP contribution is 2.29. The van der Waals surface area contributed by atoms with Gasteiger partial charge in [0.05, 0.1) is 23.5 Å². The number of nitrogens with two attached hydrogens (primary N) is 1. The van der Waals surface area contributed by atoms with Crippen LogP contribution in [0.3, 0.4) is 0 Å². The third-order valence-corrected chi connectivity index (χ3v) is 7.28. The Balaban J connectivity index is 1.54. The number of ether oxygens (including phenoxy) is 1. The number of nitrogens with one attached hydrogen (secondary N) is 2. The molecule has 1 saturated heterocycles. The summed E-state index contributed by atoms with van der Waals surface area (Å²) in [6.07, 6.45) is 4.45. The maximum Gasteiger partial charge on any atom is 0.242 e. The number of benzene rings is 1. The van der Waals surface area contributed by atoms with Gasteiger partial charge in [-0.05, 0) is 56.5 Å². The van der Waals surface area contributed by atoms with Crippen molar-refractivity contribution in [2.24, 2.45) is 5.92 Å². The van der Waals surface area contributed by atoms with E-state index in [2.05, 4.69) is 25.0 Å². The van der Waals surface area contributed by atoms with Gasteiger partial charge in [0, 0.05) is 42.1 Å². The van der Waals surface area contributed by atoms with Crippen molar-refractivity contribution < 1.29 is 17.9 Å². The van der Waals surface area contributed by atoms with Crippen LogP contribution in [0.4, 0.5) is 5.82 Å². The van der Waals surface area contributed by atoms with Gasteiger partial charge >= 0.3 is 0 Å². The average molecular weight is 497 g/mol. The number of pyridine rings is 1. The average Bonchev–Trinajstić information content (AvgIpc) is 2.85. The molecule has 4 N–H and O–H groups in total. The first kappa shape index (κ1) is 24.7. The van der Waals surface area contributed by atoms with Crippen LogP contribution in [-0.2, 0) is 19.6 Å². The number of aromatic nitrogens is 3. The van der Waals surface area contributed by atoms with Crippen molar-refractivity contribution >= 4 is 21.7 Å². The fourth-order valence-corrected chi connectivity index (χ4v) is 4.83. The van der Waals surface area contributed by atoms with E-state index in [1.54, 1.807) is 24.4 Å². The maximum atomic E-state index is 12.9. The van der Waals surface area contributed by atoms with Gasteiger partial charge in [0.15, 0.2) is 0 Å². The molecule has 0 radical (unpaired) electrons. The number of rotatable bonds is 7. The van der Waals surface area contributed by atoms with Gasteiger partial charge in [0.25, 0.3) is 0 Å². The van der Waals surface area contributed by atoms with Gasteiger partial charge in [0.2, 0.25) is 15.9 Å². The fourth-order valence-electron chi connectivity index (χ4n) is 3.88. The summed E-state index contributed by atoms with van der Waals surface area (Å²) in [5.41, 5.74) is 10.1. The number of aryl methyl sites for hydroxylation is 2. The molecule has 1 aromatic carbocycles. The molecule has 10 nitrogen and oxygen atoms in total. The Kier molecular flexibility index (Phi) is 7.39. The first-order valence-corrected chi connectivity index (χ1v) is 12.7. The molecule has 184 valence electrons. The lowest BCUT2D eigenvalue weighted by Gasteiger charge is -2.21. The normalized spacial score (nSPS) is 14.6. The van der Waals surface area contributed by atoms with Crippen molar-refractivity contribution in [2.75, 3.05) is 25.6 Å². The molecule has 0 atom stereocenters. The van der Waals surface area contributed by atoms with E-state index in [0.29, 0.717) is 43.0 Å². The first-order valence-electron chi connectivity index (χ1n) is 11.3. The highest BCUT2D eigenvalue weighted by atomic mass is 32.2. The maximum absolute atomic E-state index is 12.9. The van der Waals surface area contributed by atoms with Gasteiger partial charge in [-0.25, -0.2) is 18.4 Å². The van der Waals surface area contributed by atoms with E-state index in [9.17, 15) is 13.2 Å². The molecular formula is C24H28N6O4S. The molecular weight excluding hydrogens is 468 g/mol. The molecule has 1 aliphatic heterocycles. The number of hydrogen-bond acceptors (Lipinski definition) is 8. The third-order valence-electron chi connectivity index (χ3n) is 5.88. The van der Waals surface area contributed by atoms with Crippen molar-refractivity contribution in [3.8, 4) is 22.5 Å². The number of sulfonamides is 1. The van der Waals surface area contributed by atoms with Gasteiger partial charge in [-0.2, -0.15) is 4.72 Å². The van der Waals surface area contributed by atoms with Crippen LogP contribution in [0.2, 0.25) is 0 Å². The number of hydrogen-bond donors (Lipinski definition) is 3. The Morgan fingerprint density at radius 1 is 1.14 bits per heavy atom. The van der Waals surface area contributed by atoms with Crippen LogP contribution in [0.15, 0.2) is 47.6 Å². The Labute approximate surface area is 204 Å². The molecule has 35 heavy (non-hydrogen) atoms. The lowest BCUT2D eigenvalue weighted by Crippen LogP contribution is -2.41. The number of carbonyl (C=O) groups is 1. The van der Waals surface area contributed by atoms with Crippen molar-refractivity contribution in [1.29, 1.82) is 0 Å². The van der Waals surface area contributed by atoms with Crippen molar-refractivity contribution in [1.82, 2.24) is 25.0 Å². The predicted molar refractivity (Wildman–Crippen MR) is 131 cm³/mol. The molecule has 3 heterocycles. The van der Waals surface area contributed by atoms with Crippen LogP contribution in [0, 0.1) is 19.8 Å². The Morgan fingerprint density at radius 3 is 2.66 bits per heavy atom. The van der Waals surface area contributed by atoms with E-state index in [1.165, 1.54) is 12.3 Å². The van der Waals surface area contributed by atoms with Crippen LogP contribution in [0.1, 0.15) is 24.1 Å². The molecule has 1 aliphatic rings. The van der Waals surface area contributed by atoms with E-state index in [0.717, 1.165) is 16.8 Å². The Morgan fingerprint density at radius 2 is 1.91 bits per heavy atom. The van der Waals surface area contributed by atoms with E-state index < -0.39 is 10.0 Å². The smallest absolute Gasteiger partial charge is 0.242 e. The number of amides is 1. The van der Waals surface area contributed by atoms with E-state index >= 15 is 0 Å². The van der Waals surface area contributed by atoms with Gasteiger partial charge < -0.3 is 15.8 Å². The molecule has 0 aliphatic carbocycles. The van der Waals surface area contributed by atoms with Crippen molar-refractivity contribution in [2.45, 2.75) is 31.6 Å². The summed E-state index contributed by atoms with van der Waals surface area (Å²) < 4.78 is 33.5. The molecule has 1 amide bonds. The summed E-state index contributed by atoms with van der Waals surface area (Å²) in [6, 6.07) is 8.41. The molecule has 2 aromatic heterocycles. The van der Waals surface area contributed by atoms with Crippen LogP contribution < -0.4 is 15.8 Å². The first-order chi connectivity index (χ1) is 16.7. The van der Waals surface area contributed by atoms with E-state index in [1.807, 2.05) is 19.9 Å². The zero-order chi connectivity index (χ0) is 25.0. The minimum atomic E-state index is -3.88. The monoisotopic (exact) mass is 496 g/mol. The SMILES string of the molecule is Cc1cc(-c2nc(-c3cc(S(=O)(=O)NCNC(=O)C4CCOCC4)ccc3C)cnc2N)ccn1. The molecule has 4 rings (SSSR count). The predicted octanol–water partition coefficient (Wildman–Crippen LogP) is 2.18. The highest BCUT2D eigenvalue weighted by Gasteiger charge is 2.22. The van der Waals surface area contributed by atoms with Crippen LogP contribution in [-0.4, -0.2) is 49.2 Å². The summed E-state index contributed by atoms with van der Waals surface area (Å²) in [7, 11) is -3.88. The molecule has 11 heteroatoms. The summed E-state index contributed by atoms with van der Waals surface area (Å²) in [5, 5.41) is 2.65. The number of anilines is 1. The summed E-state index contributed by atoms with van der Waals surface area (Å²) >= 11 is 0. The van der Waals surface area contributed by atoms with Gasteiger partial charge in [0.1, 0.15) is 11.5 Å². The molecule has 0 bridgehead atoms. The second-order valence-electron chi connectivity index (χ2n) is 8.40. The van der Waals surface area contributed by atoms with Crippen LogP contribution in [0.25, 0.3) is 22.5 Å². The Bertz CT molecular complexity index is 1340. The number of nitrogens with zero attached hydrogens (tertiary/aromatic N) is 3. The standard InChI is InChI=1S/C24H28N6O4S/c1-15-3-4-19(35(32,33)29-14-28-24(31)17-6-9-34-10-7-17)12-20(15)21-13-27-23(25)22(30-21)18-5-8-26-16(2)11-18/h3-5,8,11-13,17,29H,6-7,9-10,14H2,1-2H3,(H2,25,27)(H,28,31). The lowest BCUT2D eigenvalue weighted by atomic mass is 10.00. The molecule has 0 saturated carbocycles. The third kappa shape index (κ3) is 5.81. The van der Waals surface area contributed by atoms with Gasteiger partial charge in [-0.1, -0.05) is 6.07 Å². The van der Waals surface area contributed by atoms with Crippen LogP contribution >= 0.6 is 0 Å². The minimum absolute atomic E-state index is 0.0540. The highest BCUT2D eigenvalue weighted by molar-refractivity contribution is 7.89. The lowest BCUT2D eigenvalue weighted by molar-refractivity contribution is -0.127. The minimum Gasteiger partial charge on any atom is -0.382 e. The second-order valence-corrected chi connectivity index (χ2v) is 10.2. The quantitative estimate of drug-likeness (QED) is 0.421. The molecule has 3 aromatic rings. The molecule has 0 unspecified atom stereocenters. The van der Waals surface area contributed by atoms with Crippen LogP contribution in [0.5, 0.6) is 0 Å². The van der Waals surface area contributed by atoms with Crippen molar-refractivity contribution in [3.05, 3.63) is 54.0 Å². The summed E-state index contributed by atoms with van der Waals surface area (Å²) in [5.74, 6) is -0.0824. The van der Waals surface area contributed by atoms with E-state index in [-0.39, 0.29) is 29.2 Å². The van der Waals surface area contributed by atoms with Crippen molar-refractivity contribution in [3.63, 3.8) is 0 Å². The second kappa shape index (κ2) is 10.5. The van der Waals surface area contributed by atoms with E-state index in [4.69, 9.17) is 10.5 Å².